The van der Waals surface area contributed by atoms with Crippen molar-refractivity contribution in [2.75, 3.05) is 13.2 Å². The number of benzene rings is 2. The molecule has 0 aromatic heterocycles. The number of alkyl carbamates (subject to hydrolysis) is 1. The molecule has 0 spiro atoms. The molecule has 0 saturated heterocycles. The van der Waals surface area contributed by atoms with Gasteiger partial charge >= 0.3 is 12.1 Å². The maximum absolute atomic E-state index is 12.4. The third-order valence-electron chi connectivity index (χ3n) is 5.16. The fraction of sp³-hybridized carbons (Fsp3) is 0.348. The zero-order valence-corrected chi connectivity index (χ0v) is 17.4. The second-order valence-corrected chi connectivity index (χ2v) is 8.17. The van der Waals surface area contributed by atoms with Crippen LogP contribution in [0.4, 0.5) is 4.79 Å². The van der Waals surface area contributed by atoms with Gasteiger partial charge in [0.25, 0.3) is 0 Å². The highest BCUT2D eigenvalue weighted by atomic mass is 16.5. The van der Waals surface area contributed by atoms with Crippen LogP contribution in [0.2, 0.25) is 0 Å². The van der Waals surface area contributed by atoms with Gasteiger partial charge in [0.15, 0.2) is 6.10 Å². The lowest BCUT2D eigenvalue weighted by Gasteiger charge is -2.26. The Bertz CT molecular complexity index is 942. The van der Waals surface area contributed by atoms with E-state index in [-0.39, 0.29) is 18.9 Å². The predicted molar refractivity (Wildman–Crippen MR) is 114 cm³/mol. The molecule has 8 heteroatoms. The van der Waals surface area contributed by atoms with Crippen molar-refractivity contribution in [1.82, 2.24) is 10.6 Å². The molecule has 4 N–H and O–H groups in total. The number of fused-ring (bicyclic) bond motifs is 3. The molecule has 0 radical (unpaired) electrons. The summed E-state index contributed by atoms with van der Waals surface area (Å²) >= 11 is 0. The Labute approximate surface area is 180 Å². The quantitative estimate of drug-likeness (QED) is 0.513. The van der Waals surface area contributed by atoms with Crippen LogP contribution in [0.3, 0.4) is 0 Å². The summed E-state index contributed by atoms with van der Waals surface area (Å²) in [6.45, 7) is 3.06. The van der Waals surface area contributed by atoms with E-state index in [2.05, 4.69) is 22.8 Å². The van der Waals surface area contributed by atoms with E-state index in [1.54, 1.807) is 13.8 Å². The molecule has 0 heterocycles. The number of hydrogen-bond donors (Lipinski definition) is 4. The van der Waals surface area contributed by atoms with E-state index < -0.39 is 36.2 Å². The van der Waals surface area contributed by atoms with Crippen LogP contribution in [0.5, 0.6) is 0 Å². The van der Waals surface area contributed by atoms with Crippen molar-refractivity contribution in [3.8, 4) is 11.1 Å². The topological polar surface area (TPSA) is 125 Å². The van der Waals surface area contributed by atoms with Crippen LogP contribution in [0.1, 0.15) is 37.3 Å². The van der Waals surface area contributed by atoms with Gasteiger partial charge in [-0.1, -0.05) is 48.5 Å². The average Bonchev–Trinajstić information content (AvgIpc) is 3.03. The molecule has 1 atom stereocenters. The number of carboxylic acid groups (broad SMARTS) is 1. The third kappa shape index (κ3) is 5.40. The summed E-state index contributed by atoms with van der Waals surface area (Å²) in [5, 5.41) is 22.9. The molecule has 3 rings (SSSR count). The highest BCUT2D eigenvalue weighted by Crippen LogP contribution is 2.44. The normalized spacial score (nSPS) is 13.6. The third-order valence-corrected chi connectivity index (χ3v) is 5.16. The molecule has 8 nitrogen and oxygen atoms in total. The first-order valence-electron chi connectivity index (χ1n) is 9.98. The minimum atomic E-state index is -1.68. The van der Waals surface area contributed by atoms with Crippen LogP contribution in [-0.2, 0) is 14.3 Å². The SMILES string of the molecule is CC(C)(CC(=O)NCC(O)C(=O)O)NC(=O)OCC1c2ccccc2-c2ccccc21. The lowest BCUT2D eigenvalue weighted by molar-refractivity contribution is -0.146. The number of carboxylic acids is 1. The van der Waals surface area contributed by atoms with Gasteiger partial charge < -0.3 is 25.6 Å². The molecule has 0 aliphatic heterocycles. The van der Waals surface area contributed by atoms with E-state index in [0.29, 0.717) is 0 Å². The van der Waals surface area contributed by atoms with Crippen LogP contribution in [0.15, 0.2) is 48.5 Å². The largest absolute Gasteiger partial charge is 0.479 e. The molecule has 2 amide bonds. The Kier molecular flexibility index (Phi) is 6.60. The number of nitrogens with one attached hydrogen (secondary N) is 2. The molecule has 2 aromatic carbocycles. The first kappa shape index (κ1) is 22.3. The molecule has 164 valence electrons. The average molecular weight is 426 g/mol. The number of carbonyl (C=O) groups is 3. The number of aliphatic hydroxyl groups excluding tert-OH is 1. The number of rotatable bonds is 8. The zero-order chi connectivity index (χ0) is 22.6. The van der Waals surface area contributed by atoms with Gasteiger partial charge in [-0.05, 0) is 36.1 Å². The molecular weight excluding hydrogens is 400 g/mol. The minimum Gasteiger partial charge on any atom is -0.479 e. The first-order chi connectivity index (χ1) is 14.7. The van der Waals surface area contributed by atoms with Crippen molar-refractivity contribution in [1.29, 1.82) is 0 Å². The molecule has 1 aliphatic carbocycles. The Hall–Kier alpha value is -3.39. The number of amides is 2. The summed E-state index contributed by atoms with van der Waals surface area (Å²) in [4.78, 5) is 35.0. The van der Waals surface area contributed by atoms with Crippen molar-refractivity contribution in [3.05, 3.63) is 59.7 Å². The van der Waals surface area contributed by atoms with E-state index in [0.717, 1.165) is 22.3 Å². The smallest absolute Gasteiger partial charge is 0.407 e. The van der Waals surface area contributed by atoms with Gasteiger partial charge in [0.05, 0.1) is 6.54 Å². The highest BCUT2D eigenvalue weighted by molar-refractivity contribution is 5.80. The fourth-order valence-electron chi connectivity index (χ4n) is 3.72. The number of ether oxygens (including phenoxy) is 1. The van der Waals surface area contributed by atoms with Crippen molar-refractivity contribution < 1.29 is 29.3 Å². The van der Waals surface area contributed by atoms with E-state index >= 15 is 0 Å². The predicted octanol–water partition coefficient (Wildman–Crippen LogP) is 2.26. The molecule has 31 heavy (non-hydrogen) atoms. The fourth-order valence-corrected chi connectivity index (χ4v) is 3.72. The van der Waals surface area contributed by atoms with Gasteiger partial charge in [0.2, 0.25) is 5.91 Å². The summed E-state index contributed by atoms with van der Waals surface area (Å²) < 4.78 is 5.49. The van der Waals surface area contributed by atoms with Crippen molar-refractivity contribution in [3.63, 3.8) is 0 Å². The van der Waals surface area contributed by atoms with E-state index in [1.165, 1.54) is 0 Å². The van der Waals surface area contributed by atoms with Crippen LogP contribution in [0, 0.1) is 0 Å². The molecule has 0 saturated carbocycles. The standard InChI is InChI=1S/C23H26N2O6/c1-23(2,11-20(27)24-12-19(26)21(28)29)25-22(30)31-13-18-16-9-5-3-7-14(16)15-8-4-6-10-17(15)18/h3-10,18-19,26H,11-13H2,1-2H3,(H,24,27)(H,25,30)(H,28,29). The molecule has 1 unspecified atom stereocenters. The van der Waals surface area contributed by atoms with Crippen molar-refractivity contribution in [2.24, 2.45) is 0 Å². The summed E-state index contributed by atoms with van der Waals surface area (Å²) in [5.74, 6) is -1.98. The van der Waals surface area contributed by atoms with Gasteiger partial charge in [-0.2, -0.15) is 0 Å². The molecule has 0 bridgehead atoms. The lowest BCUT2D eigenvalue weighted by atomic mass is 9.98. The summed E-state index contributed by atoms with van der Waals surface area (Å²) in [7, 11) is 0. The molecule has 1 aliphatic rings. The number of carbonyl (C=O) groups excluding carboxylic acids is 2. The van der Waals surface area contributed by atoms with Gasteiger partial charge in [-0.25, -0.2) is 9.59 Å². The molecule has 0 fully saturated rings. The summed E-state index contributed by atoms with van der Waals surface area (Å²) in [6, 6.07) is 16.0. The maximum atomic E-state index is 12.4. The summed E-state index contributed by atoms with van der Waals surface area (Å²) in [6.07, 6.45) is -2.43. The number of aliphatic hydroxyl groups is 1. The van der Waals surface area contributed by atoms with E-state index in [1.807, 2.05) is 36.4 Å². The van der Waals surface area contributed by atoms with Gasteiger partial charge in [0, 0.05) is 17.9 Å². The minimum absolute atomic E-state index is 0.0675. The van der Waals surface area contributed by atoms with Crippen molar-refractivity contribution in [2.45, 2.75) is 37.8 Å². The first-order valence-corrected chi connectivity index (χ1v) is 9.98. The second-order valence-electron chi connectivity index (χ2n) is 8.17. The van der Waals surface area contributed by atoms with Gasteiger partial charge in [-0.3, -0.25) is 4.79 Å². The molecular formula is C23H26N2O6. The lowest BCUT2D eigenvalue weighted by Crippen LogP contribution is -2.48. The van der Waals surface area contributed by atoms with E-state index in [4.69, 9.17) is 9.84 Å². The van der Waals surface area contributed by atoms with Gasteiger partial charge in [0.1, 0.15) is 6.61 Å². The Morgan fingerprint density at radius 2 is 1.58 bits per heavy atom. The highest BCUT2D eigenvalue weighted by Gasteiger charge is 2.30. The Morgan fingerprint density at radius 1 is 1.03 bits per heavy atom. The number of hydrogen-bond acceptors (Lipinski definition) is 5. The maximum Gasteiger partial charge on any atom is 0.407 e. The Morgan fingerprint density at radius 3 is 2.13 bits per heavy atom. The molecule has 2 aromatic rings. The summed E-state index contributed by atoms with van der Waals surface area (Å²) in [5.41, 5.74) is 3.54. The van der Waals surface area contributed by atoms with Crippen LogP contribution in [0.25, 0.3) is 11.1 Å². The van der Waals surface area contributed by atoms with E-state index in [9.17, 15) is 19.5 Å². The van der Waals surface area contributed by atoms with Crippen LogP contribution < -0.4 is 10.6 Å². The second kappa shape index (κ2) is 9.18. The van der Waals surface area contributed by atoms with Gasteiger partial charge in [-0.15, -0.1) is 0 Å². The number of aliphatic carboxylic acids is 1. The monoisotopic (exact) mass is 426 g/mol. The zero-order valence-electron chi connectivity index (χ0n) is 17.4. The Balaban J connectivity index is 1.55. The van der Waals surface area contributed by atoms with Crippen LogP contribution >= 0.6 is 0 Å². The van der Waals surface area contributed by atoms with Crippen LogP contribution in [-0.4, -0.2) is 53.0 Å². The van der Waals surface area contributed by atoms with Crippen molar-refractivity contribution >= 4 is 18.0 Å².